The van der Waals surface area contributed by atoms with Crippen LogP contribution in [0.3, 0.4) is 0 Å². The van der Waals surface area contributed by atoms with E-state index in [0.717, 1.165) is 67.6 Å². The minimum absolute atomic E-state index is 0.360. The first kappa shape index (κ1) is 26.3. The first-order valence-corrected chi connectivity index (χ1v) is 15.4. The second-order valence-electron chi connectivity index (χ2n) is 10.3. The molecule has 2 aromatic carbocycles. The van der Waals surface area contributed by atoms with Gasteiger partial charge in [-0.3, -0.25) is 4.90 Å². The molecule has 0 bridgehead atoms. The smallest absolute Gasteiger partial charge is 0.243 e. The van der Waals surface area contributed by atoms with Crippen LogP contribution in [0.25, 0.3) is 11.3 Å². The number of hydrogen-bond acceptors (Lipinski definition) is 6. The second-order valence-corrected chi connectivity index (χ2v) is 13.0. The number of ether oxygens (including phenoxy) is 1. The topological polar surface area (TPSA) is 67.1 Å². The molecule has 2 aliphatic heterocycles. The van der Waals surface area contributed by atoms with Crippen molar-refractivity contribution in [3.05, 3.63) is 64.8 Å². The molecule has 0 unspecified atom stereocenters. The van der Waals surface area contributed by atoms with E-state index in [9.17, 15) is 8.42 Å². The number of benzene rings is 2. The van der Waals surface area contributed by atoms with E-state index in [2.05, 4.69) is 28.7 Å². The summed E-state index contributed by atoms with van der Waals surface area (Å²) in [4.78, 5) is 8.59. The van der Waals surface area contributed by atoms with Crippen molar-refractivity contribution in [2.24, 2.45) is 16.8 Å². The van der Waals surface area contributed by atoms with Gasteiger partial charge in [-0.1, -0.05) is 44.2 Å². The van der Waals surface area contributed by atoms with Crippen molar-refractivity contribution < 1.29 is 13.2 Å². The Kier molecular flexibility index (Phi) is 8.26. The third kappa shape index (κ3) is 6.23. The van der Waals surface area contributed by atoms with Crippen molar-refractivity contribution in [2.75, 3.05) is 45.9 Å². The number of morpholine rings is 1. The lowest BCUT2D eigenvalue weighted by atomic mass is 9.94. The van der Waals surface area contributed by atoms with Crippen LogP contribution in [0.2, 0.25) is 0 Å². The average Bonchev–Trinajstić information content (AvgIpc) is 3.30. The Balaban J connectivity index is 1.49. The van der Waals surface area contributed by atoms with E-state index in [1.165, 1.54) is 0 Å². The van der Waals surface area contributed by atoms with Crippen molar-refractivity contribution in [2.45, 2.75) is 31.7 Å². The largest absolute Gasteiger partial charge is 0.379 e. The zero-order valence-corrected chi connectivity index (χ0v) is 23.3. The van der Waals surface area contributed by atoms with E-state index < -0.39 is 10.0 Å². The van der Waals surface area contributed by atoms with Crippen LogP contribution in [0.1, 0.15) is 20.3 Å². The molecule has 0 saturated carbocycles. The third-order valence-electron chi connectivity index (χ3n) is 7.13. The van der Waals surface area contributed by atoms with Gasteiger partial charge in [0.1, 0.15) is 0 Å². The Bertz CT molecular complexity index is 1350. The van der Waals surface area contributed by atoms with E-state index >= 15 is 0 Å². The predicted molar refractivity (Wildman–Crippen MR) is 148 cm³/mol. The van der Waals surface area contributed by atoms with Crippen molar-refractivity contribution in [1.82, 2.24) is 13.8 Å². The molecule has 0 spiro atoms. The molecule has 0 amide bonds. The Morgan fingerprint density at radius 1 is 0.973 bits per heavy atom. The molecule has 3 aromatic rings. The van der Waals surface area contributed by atoms with Gasteiger partial charge in [0.25, 0.3) is 0 Å². The molecular weight excluding hydrogens is 504 g/mol. The van der Waals surface area contributed by atoms with E-state index in [1.54, 1.807) is 21.7 Å². The summed E-state index contributed by atoms with van der Waals surface area (Å²) in [6.07, 6.45) is 1.07. The minimum atomic E-state index is -3.56. The summed E-state index contributed by atoms with van der Waals surface area (Å²) in [6.45, 7) is 10.4. The third-order valence-corrected chi connectivity index (χ3v) is 9.82. The highest BCUT2D eigenvalue weighted by Crippen LogP contribution is 2.29. The zero-order chi connectivity index (χ0) is 25.8. The number of thiazole rings is 1. The summed E-state index contributed by atoms with van der Waals surface area (Å²) in [5, 5.41) is 2.10. The maximum Gasteiger partial charge on any atom is 0.243 e. The molecule has 2 fully saturated rings. The van der Waals surface area contributed by atoms with E-state index in [1.807, 2.05) is 48.5 Å². The maximum atomic E-state index is 13.6. The maximum absolute atomic E-state index is 13.6. The Morgan fingerprint density at radius 3 is 2.43 bits per heavy atom. The molecule has 198 valence electrons. The lowest BCUT2D eigenvalue weighted by molar-refractivity contribution is 0.0363. The predicted octanol–water partition coefficient (Wildman–Crippen LogP) is 4.45. The number of nitrogens with zero attached hydrogens (tertiary/aromatic N) is 4. The van der Waals surface area contributed by atoms with E-state index in [0.29, 0.717) is 29.8 Å². The number of piperidine rings is 1. The SMILES string of the molecule is C[C@H]1C[C@H](C)CN(S(=O)(=O)c2cccc(-c3csc(=Nc4ccccc4)n3CCN3CCOCC3)c2)C1. The molecule has 2 saturated heterocycles. The molecule has 9 heteroatoms. The number of para-hydroxylation sites is 1. The van der Waals surface area contributed by atoms with Crippen LogP contribution in [-0.2, 0) is 21.3 Å². The van der Waals surface area contributed by atoms with Gasteiger partial charge in [0.15, 0.2) is 4.80 Å². The first-order valence-electron chi connectivity index (χ1n) is 13.1. The lowest BCUT2D eigenvalue weighted by Crippen LogP contribution is -2.42. The van der Waals surface area contributed by atoms with Gasteiger partial charge in [0.2, 0.25) is 10.0 Å². The van der Waals surface area contributed by atoms with E-state index in [4.69, 9.17) is 9.73 Å². The highest BCUT2D eigenvalue weighted by atomic mass is 32.2. The first-order chi connectivity index (χ1) is 17.9. The number of rotatable bonds is 7. The van der Waals surface area contributed by atoms with Gasteiger partial charge in [-0.05, 0) is 42.5 Å². The Hall–Kier alpha value is -2.30. The van der Waals surface area contributed by atoms with E-state index in [-0.39, 0.29) is 0 Å². The molecule has 3 heterocycles. The van der Waals surface area contributed by atoms with Crippen LogP contribution in [0.5, 0.6) is 0 Å². The number of hydrogen-bond donors (Lipinski definition) is 0. The van der Waals surface area contributed by atoms with Crippen LogP contribution in [-0.4, -0.2) is 68.1 Å². The zero-order valence-electron chi connectivity index (χ0n) is 21.6. The van der Waals surface area contributed by atoms with Gasteiger partial charge in [-0.15, -0.1) is 11.3 Å². The highest BCUT2D eigenvalue weighted by Gasteiger charge is 2.32. The minimum Gasteiger partial charge on any atom is -0.379 e. The standard InChI is InChI=1S/C28H36N4O3S2/c1-22-17-23(2)20-31(19-22)37(33,34)26-10-6-7-24(18-26)27-21-36-28(29-25-8-4-3-5-9-25)32(27)12-11-30-13-15-35-16-14-30/h3-10,18,21-23H,11-17,19-20H2,1-2H3/t22-,23-/m0/s1. The molecule has 7 nitrogen and oxygen atoms in total. The highest BCUT2D eigenvalue weighted by molar-refractivity contribution is 7.89. The van der Waals surface area contributed by atoms with Gasteiger partial charge in [0.05, 0.1) is 29.5 Å². The molecule has 2 aliphatic rings. The van der Waals surface area contributed by atoms with Crippen molar-refractivity contribution in [1.29, 1.82) is 0 Å². The Morgan fingerprint density at radius 2 is 1.70 bits per heavy atom. The molecule has 0 radical (unpaired) electrons. The van der Waals surface area contributed by atoms with Gasteiger partial charge in [-0.2, -0.15) is 4.31 Å². The summed E-state index contributed by atoms with van der Waals surface area (Å²) in [7, 11) is -3.56. The monoisotopic (exact) mass is 540 g/mol. The lowest BCUT2D eigenvalue weighted by Gasteiger charge is -2.34. The molecule has 37 heavy (non-hydrogen) atoms. The summed E-state index contributed by atoms with van der Waals surface area (Å²) >= 11 is 1.59. The van der Waals surface area contributed by atoms with Crippen molar-refractivity contribution in [3.63, 3.8) is 0 Å². The molecule has 0 N–H and O–H groups in total. The molecule has 1 aromatic heterocycles. The van der Waals surface area contributed by atoms with Gasteiger partial charge in [-0.25, -0.2) is 13.4 Å². The summed E-state index contributed by atoms with van der Waals surface area (Å²) in [5.41, 5.74) is 2.79. The fourth-order valence-corrected chi connectivity index (χ4v) is 7.99. The molecule has 0 aliphatic carbocycles. The summed E-state index contributed by atoms with van der Waals surface area (Å²) < 4.78 is 36.6. The normalized spacial score (nSPS) is 22.4. The second kappa shape index (κ2) is 11.6. The fraction of sp³-hybridized carbons (Fsp3) is 0.464. The molecule has 2 atom stereocenters. The number of sulfonamides is 1. The van der Waals surface area contributed by atoms with Crippen molar-refractivity contribution in [3.8, 4) is 11.3 Å². The molecular formula is C28H36N4O3S2. The number of aromatic nitrogens is 1. The van der Waals surface area contributed by atoms with Gasteiger partial charge >= 0.3 is 0 Å². The van der Waals surface area contributed by atoms with Crippen LogP contribution < -0.4 is 4.80 Å². The van der Waals surface area contributed by atoms with Crippen LogP contribution in [0.15, 0.2) is 69.9 Å². The van der Waals surface area contributed by atoms with Crippen LogP contribution >= 0.6 is 11.3 Å². The van der Waals surface area contributed by atoms with Crippen molar-refractivity contribution >= 4 is 27.0 Å². The average molecular weight is 541 g/mol. The van der Waals surface area contributed by atoms with Gasteiger partial charge in [0, 0.05) is 50.2 Å². The molecule has 5 rings (SSSR count). The summed E-state index contributed by atoms with van der Waals surface area (Å²) in [5.74, 6) is 0.728. The quantitative estimate of drug-likeness (QED) is 0.444. The fourth-order valence-electron chi connectivity index (χ4n) is 5.31. The van der Waals surface area contributed by atoms with Crippen LogP contribution in [0, 0.1) is 11.8 Å². The van der Waals surface area contributed by atoms with Gasteiger partial charge < -0.3 is 9.30 Å². The van der Waals surface area contributed by atoms with Crippen LogP contribution in [0.4, 0.5) is 5.69 Å². The summed E-state index contributed by atoms with van der Waals surface area (Å²) in [6, 6.07) is 17.4. The Labute approximate surface area is 224 Å².